The van der Waals surface area contributed by atoms with Crippen LogP contribution in [-0.4, -0.2) is 13.1 Å². The van der Waals surface area contributed by atoms with E-state index >= 15 is 0 Å². The van der Waals surface area contributed by atoms with E-state index in [9.17, 15) is 9.59 Å². The standard InChI is InChI=1S/C13H10I2N2O4/c1-12(14,13-15(16-13)17-13)11(19)20-8-3-4-9-7(6-8)2-5-10(18)21-9/h2-6,16-17H,1H3. The molecule has 1 atom stereocenters. The van der Waals surface area contributed by atoms with Crippen molar-refractivity contribution in [2.75, 3.05) is 0 Å². The number of carbonyl (C=O) groups is 1. The number of halogens is 2. The van der Waals surface area contributed by atoms with Crippen LogP contribution < -0.4 is 17.4 Å². The van der Waals surface area contributed by atoms with E-state index in [4.69, 9.17) is 9.15 Å². The molecule has 0 aliphatic carbocycles. The average molecular weight is 512 g/mol. The predicted octanol–water partition coefficient (Wildman–Crippen LogP) is 2.09. The molecular weight excluding hydrogens is 502 g/mol. The molecule has 0 bridgehead atoms. The summed E-state index contributed by atoms with van der Waals surface area (Å²) >= 11 is 0.928. The Morgan fingerprint density at radius 2 is 2.10 bits per heavy atom. The van der Waals surface area contributed by atoms with Gasteiger partial charge in [-0.1, -0.05) is 0 Å². The molecule has 6 nitrogen and oxygen atoms in total. The molecule has 2 aliphatic rings. The van der Waals surface area contributed by atoms with E-state index in [0.29, 0.717) is 11.3 Å². The van der Waals surface area contributed by atoms with Gasteiger partial charge in [0.15, 0.2) is 0 Å². The summed E-state index contributed by atoms with van der Waals surface area (Å²) in [4.78, 5) is 23.5. The quantitative estimate of drug-likeness (QED) is 0.0956. The summed E-state index contributed by atoms with van der Waals surface area (Å²) in [5.74, 6) is 0.166. The zero-order valence-corrected chi connectivity index (χ0v) is 15.1. The van der Waals surface area contributed by atoms with Crippen LogP contribution in [0.25, 0.3) is 11.0 Å². The van der Waals surface area contributed by atoms with Gasteiger partial charge in [-0.2, -0.15) is 0 Å². The van der Waals surface area contributed by atoms with Gasteiger partial charge in [-0.05, 0) is 0 Å². The first-order valence-electron chi connectivity index (χ1n) is 6.13. The first-order valence-corrected chi connectivity index (χ1v) is 10.4. The van der Waals surface area contributed by atoms with Crippen molar-refractivity contribution in [3.05, 3.63) is 40.8 Å². The van der Waals surface area contributed by atoms with Gasteiger partial charge in [0.05, 0.1) is 0 Å². The van der Waals surface area contributed by atoms with Gasteiger partial charge in [-0.15, -0.1) is 0 Å². The van der Waals surface area contributed by atoms with E-state index in [0.717, 1.165) is 5.39 Å². The van der Waals surface area contributed by atoms with Crippen LogP contribution in [0.1, 0.15) is 6.92 Å². The summed E-state index contributed by atoms with van der Waals surface area (Å²) in [7, 11) is 0. The second-order valence-electron chi connectivity index (χ2n) is 4.98. The van der Waals surface area contributed by atoms with Crippen molar-refractivity contribution < 1.29 is 13.9 Å². The SMILES string of the molecule is CC(I)(C(=O)Oc1ccc2oc(=O)ccc2c1)C12NI1N2. The average Bonchev–Trinajstić information content (AvgIpc) is 3.28. The molecule has 1 aromatic heterocycles. The molecule has 2 aromatic rings. The molecule has 0 spiro atoms. The maximum atomic E-state index is 12.4. The minimum absolute atomic E-state index is 0.155. The molecule has 1 aromatic carbocycles. The summed E-state index contributed by atoms with van der Waals surface area (Å²) in [5, 5.41) is 0.718. The van der Waals surface area contributed by atoms with Crippen LogP contribution in [0.4, 0.5) is 0 Å². The molecule has 4 rings (SSSR count). The second kappa shape index (κ2) is 4.40. The third-order valence-corrected chi connectivity index (χ3v) is 10.6. The fourth-order valence-corrected chi connectivity index (χ4v) is 9.78. The number of ether oxygens (including phenoxy) is 1. The Hall–Kier alpha value is -0.720. The van der Waals surface area contributed by atoms with E-state index in [1.165, 1.54) is 6.07 Å². The number of esters is 1. The van der Waals surface area contributed by atoms with Crippen LogP contribution in [0, 0.1) is 0 Å². The first kappa shape index (κ1) is 13.9. The zero-order chi connectivity index (χ0) is 14.8. The summed E-state index contributed by atoms with van der Waals surface area (Å²) < 4.78 is 16.4. The van der Waals surface area contributed by atoms with Crippen LogP contribution in [0.5, 0.6) is 5.75 Å². The molecule has 0 saturated carbocycles. The monoisotopic (exact) mass is 512 g/mol. The van der Waals surface area contributed by atoms with Gasteiger partial charge in [-0.3, -0.25) is 0 Å². The molecular formula is C13H10I2N2O4. The predicted molar refractivity (Wildman–Crippen MR) is 93.6 cm³/mol. The minimum atomic E-state index is -1.21. The Labute approximate surface area is 140 Å². The van der Waals surface area contributed by atoms with E-state index in [1.807, 2.05) is 6.92 Å². The Morgan fingerprint density at radius 1 is 1.38 bits per heavy atom. The van der Waals surface area contributed by atoms with Crippen molar-refractivity contribution in [1.29, 1.82) is 0 Å². The normalized spacial score (nSPS) is 22.3. The zero-order valence-electron chi connectivity index (χ0n) is 10.8. The van der Waals surface area contributed by atoms with Crippen LogP contribution in [0.3, 0.4) is 0 Å². The molecule has 2 fully saturated rings. The molecule has 2 N–H and O–H groups in total. The van der Waals surface area contributed by atoms with Crippen LogP contribution in [0.2, 0.25) is 0 Å². The molecule has 8 heteroatoms. The van der Waals surface area contributed by atoms with Crippen molar-refractivity contribution in [2.24, 2.45) is 0 Å². The molecule has 1 unspecified atom stereocenters. The summed E-state index contributed by atoms with van der Waals surface area (Å²) in [6.07, 6.45) is 0. The van der Waals surface area contributed by atoms with Crippen LogP contribution in [0.15, 0.2) is 39.5 Å². The Morgan fingerprint density at radius 3 is 2.76 bits per heavy atom. The van der Waals surface area contributed by atoms with Gasteiger partial charge >= 0.3 is 141 Å². The van der Waals surface area contributed by atoms with Crippen molar-refractivity contribution in [1.82, 2.24) is 7.06 Å². The second-order valence-corrected chi connectivity index (χ2v) is 11.4. The topological polar surface area (TPSA) is 100 Å². The van der Waals surface area contributed by atoms with Gasteiger partial charge in [0.25, 0.3) is 0 Å². The number of hydrogen-bond donors (Lipinski definition) is 2. The van der Waals surface area contributed by atoms with E-state index in [1.54, 1.807) is 24.3 Å². The third-order valence-electron chi connectivity index (χ3n) is 3.49. The number of benzene rings is 1. The third kappa shape index (κ3) is 2.11. The van der Waals surface area contributed by atoms with Crippen molar-refractivity contribution >= 4 is 59.9 Å². The summed E-state index contributed by atoms with van der Waals surface area (Å²) in [6, 6.07) is 7.94. The molecule has 21 heavy (non-hydrogen) atoms. The van der Waals surface area contributed by atoms with Gasteiger partial charge in [-0.25, -0.2) is 0 Å². The van der Waals surface area contributed by atoms with Crippen molar-refractivity contribution in [2.45, 2.75) is 14.0 Å². The molecule has 0 amide bonds. The van der Waals surface area contributed by atoms with Gasteiger partial charge in [0.1, 0.15) is 0 Å². The Kier molecular flexibility index (Phi) is 2.91. The molecule has 0 radical (unpaired) electrons. The molecule has 3 heterocycles. The molecule has 2 aliphatic heterocycles. The van der Waals surface area contributed by atoms with Gasteiger partial charge in [0.2, 0.25) is 0 Å². The number of hydrogen-bond acceptors (Lipinski definition) is 6. The summed E-state index contributed by atoms with van der Waals surface area (Å²) in [6.45, 7) is 1.88. The number of fused-ring (bicyclic) bond motifs is 2. The maximum absolute atomic E-state index is 12.4. The van der Waals surface area contributed by atoms with Crippen molar-refractivity contribution in [3.63, 3.8) is 0 Å². The molecule has 110 valence electrons. The van der Waals surface area contributed by atoms with Crippen LogP contribution in [-0.2, 0) is 4.79 Å². The summed E-state index contributed by atoms with van der Waals surface area (Å²) in [5.41, 5.74) is 0.0710. The first-order chi connectivity index (χ1) is 9.92. The Bertz CT molecular complexity index is 826. The van der Waals surface area contributed by atoms with Crippen molar-refractivity contribution in [3.8, 4) is 5.75 Å². The Balaban J connectivity index is 1.61. The number of carbonyl (C=O) groups excluding carboxylic acids is 1. The van der Waals surface area contributed by atoms with Gasteiger partial charge in [0, 0.05) is 0 Å². The number of rotatable bonds is 3. The molecule has 2 saturated heterocycles. The van der Waals surface area contributed by atoms with E-state index < -0.39 is 29.4 Å². The number of nitrogens with one attached hydrogen (secondary N) is 2. The number of alkyl halides is 2. The van der Waals surface area contributed by atoms with E-state index in [-0.39, 0.29) is 9.64 Å². The van der Waals surface area contributed by atoms with E-state index in [2.05, 4.69) is 29.7 Å². The van der Waals surface area contributed by atoms with Crippen LogP contribution >= 0.6 is 43.0 Å². The fourth-order valence-electron chi connectivity index (χ4n) is 2.04. The fraction of sp³-hybridized carbons (Fsp3) is 0.231. The van der Waals surface area contributed by atoms with Gasteiger partial charge < -0.3 is 0 Å².